The summed E-state index contributed by atoms with van der Waals surface area (Å²) in [4.78, 5) is 11.6. The Morgan fingerprint density at radius 2 is 2.37 bits per heavy atom. The average molecular weight is 280 g/mol. The highest BCUT2D eigenvalue weighted by Crippen LogP contribution is 2.19. The smallest absolute Gasteiger partial charge is 0.254 e. The molecule has 1 rings (SSSR count). The van der Waals surface area contributed by atoms with Crippen molar-refractivity contribution in [2.45, 2.75) is 13.5 Å². The number of ether oxygens (including phenoxy) is 1. The van der Waals surface area contributed by atoms with Gasteiger partial charge in [-0.1, -0.05) is 17.5 Å². The van der Waals surface area contributed by atoms with Crippen molar-refractivity contribution in [1.82, 2.24) is 4.57 Å². The predicted octanol–water partition coefficient (Wildman–Crippen LogP) is 2.32. The number of pyridine rings is 1. The molecule has 4 nitrogen and oxygen atoms in total. The molecule has 0 amide bonds. The topological polar surface area (TPSA) is 51.5 Å². The standard InChI is InChI=1S/C14H14ClNO3/c1-4-5-11(19-3)6-10(2)8-16-9-12(15)13(17)7-14(16)18/h1,5-7,9,17H,8H2,2-3H3/b10-6+,11-5+. The molecule has 5 heteroatoms. The summed E-state index contributed by atoms with van der Waals surface area (Å²) in [5, 5.41) is 9.42. The van der Waals surface area contributed by atoms with E-state index in [4.69, 9.17) is 22.8 Å². The van der Waals surface area contributed by atoms with Crippen LogP contribution >= 0.6 is 11.6 Å². The first-order chi connectivity index (χ1) is 8.97. The molecule has 1 N–H and O–H groups in total. The number of allylic oxidation sites excluding steroid dienone is 3. The maximum Gasteiger partial charge on any atom is 0.254 e. The number of hydrogen-bond acceptors (Lipinski definition) is 3. The van der Waals surface area contributed by atoms with Gasteiger partial charge in [0.25, 0.3) is 5.56 Å². The van der Waals surface area contributed by atoms with Crippen LogP contribution in [0.25, 0.3) is 0 Å². The second kappa shape index (κ2) is 6.72. The number of terminal acetylenes is 1. The van der Waals surface area contributed by atoms with Gasteiger partial charge in [0.15, 0.2) is 0 Å². The van der Waals surface area contributed by atoms with Crippen molar-refractivity contribution < 1.29 is 9.84 Å². The maximum absolute atomic E-state index is 11.6. The fraction of sp³-hybridized carbons (Fsp3) is 0.214. The van der Waals surface area contributed by atoms with Crippen molar-refractivity contribution in [2.24, 2.45) is 0 Å². The molecule has 0 atom stereocenters. The largest absolute Gasteiger partial charge is 0.506 e. The van der Waals surface area contributed by atoms with E-state index in [-0.39, 0.29) is 16.3 Å². The van der Waals surface area contributed by atoms with Gasteiger partial charge in [0.2, 0.25) is 0 Å². The number of aromatic hydroxyl groups is 1. The minimum absolute atomic E-state index is 0.124. The number of hydrogen-bond donors (Lipinski definition) is 1. The van der Waals surface area contributed by atoms with Gasteiger partial charge in [-0.05, 0) is 18.6 Å². The summed E-state index contributed by atoms with van der Waals surface area (Å²) in [6.45, 7) is 2.15. The molecule has 100 valence electrons. The first-order valence-electron chi connectivity index (χ1n) is 5.44. The highest BCUT2D eigenvalue weighted by atomic mass is 35.5. The first-order valence-corrected chi connectivity index (χ1v) is 5.82. The fourth-order valence-corrected chi connectivity index (χ4v) is 1.63. The Morgan fingerprint density at radius 3 is 2.95 bits per heavy atom. The summed E-state index contributed by atoms with van der Waals surface area (Å²) < 4.78 is 6.45. The SMILES string of the molecule is C#C/C=C(\C=C(/C)Cn1cc(Cl)c(O)cc1=O)OC. The highest BCUT2D eigenvalue weighted by Gasteiger charge is 2.04. The van der Waals surface area contributed by atoms with Crippen LogP contribution in [0.5, 0.6) is 5.75 Å². The molecule has 1 heterocycles. The van der Waals surface area contributed by atoms with Gasteiger partial charge in [-0.15, -0.1) is 6.42 Å². The zero-order chi connectivity index (χ0) is 14.4. The molecule has 1 aromatic heterocycles. The lowest BCUT2D eigenvalue weighted by atomic mass is 10.2. The lowest BCUT2D eigenvalue weighted by Gasteiger charge is -2.08. The van der Waals surface area contributed by atoms with Crippen LogP contribution in [0.4, 0.5) is 0 Å². The Bertz CT molecular complexity index is 621. The lowest BCUT2D eigenvalue weighted by molar-refractivity contribution is 0.306. The van der Waals surface area contributed by atoms with E-state index in [2.05, 4.69) is 5.92 Å². The van der Waals surface area contributed by atoms with Gasteiger partial charge in [0.1, 0.15) is 11.5 Å². The lowest BCUT2D eigenvalue weighted by Crippen LogP contribution is -2.18. The Kier molecular flexibility index (Phi) is 5.28. The van der Waals surface area contributed by atoms with Crippen molar-refractivity contribution in [3.8, 4) is 18.1 Å². The van der Waals surface area contributed by atoms with E-state index in [9.17, 15) is 9.90 Å². The average Bonchev–Trinajstić information content (AvgIpc) is 2.35. The quantitative estimate of drug-likeness (QED) is 0.523. The summed E-state index contributed by atoms with van der Waals surface area (Å²) >= 11 is 5.76. The van der Waals surface area contributed by atoms with E-state index in [1.54, 1.807) is 6.08 Å². The molecule has 0 aliphatic rings. The summed E-state index contributed by atoms with van der Waals surface area (Å²) in [6, 6.07) is 1.07. The second-order valence-electron chi connectivity index (χ2n) is 3.88. The third kappa shape index (κ3) is 4.23. The summed E-state index contributed by atoms with van der Waals surface area (Å²) in [7, 11) is 1.51. The molecule has 0 bridgehead atoms. The Labute approximate surface area is 116 Å². The molecule has 0 spiro atoms. The fourth-order valence-electron chi connectivity index (χ4n) is 1.46. The van der Waals surface area contributed by atoms with E-state index in [1.165, 1.54) is 23.9 Å². The van der Waals surface area contributed by atoms with Crippen LogP contribution in [0.15, 0.2) is 40.5 Å². The summed E-state index contributed by atoms with van der Waals surface area (Å²) in [5.41, 5.74) is 0.516. The molecular formula is C14H14ClNO3. The molecule has 1 aromatic rings. The zero-order valence-electron chi connectivity index (χ0n) is 10.7. The van der Waals surface area contributed by atoms with E-state index in [0.717, 1.165) is 11.6 Å². The molecule has 0 saturated carbocycles. The molecule has 0 aromatic carbocycles. The normalized spacial score (nSPS) is 12.1. The van der Waals surface area contributed by atoms with Crippen LogP contribution in [-0.2, 0) is 11.3 Å². The van der Waals surface area contributed by atoms with E-state index in [0.29, 0.717) is 12.3 Å². The van der Waals surface area contributed by atoms with Crippen molar-refractivity contribution in [2.75, 3.05) is 7.11 Å². The van der Waals surface area contributed by atoms with Gasteiger partial charge in [-0.2, -0.15) is 0 Å². The van der Waals surface area contributed by atoms with Crippen molar-refractivity contribution in [3.63, 3.8) is 0 Å². The third-order valence-electron chi connectivity index (χ3n) is 2.33. The number of halogens is 1. The first kappa shape index (κ1) is 14.9. The van der Waals surface area contributed by atoms with Gasteiger partial charge in [-0.3, -0.25) is 4.79 Å². The molecule has 0 unspecified atom stereocenters. The predicted molar refractivity (Wildman–Crippen MR) is 75.1 cm³/mol. The molecule has 0 aliphatic carbocycles. The Hall–Kier alpha value is -2.12. The van der Waals surface area contributed by atoms with Gasteiger partial charge >= 0.3 is 0 Å². The molecule has 19 heavy (non-hydrogen) atoms. The van der Waals surface area contributed by atoms with Crippen molar-refractivity contribution in [1.29, 1.82) is 0 Å². The van der Waals surface area contributed by atoms with Crippen molar-refractivity contribution in [3.05, 3.63) is 51.1 Å². The zero-order valence-corrected chi connectivity index (χ0v) is 11.4. The number of nitrogens with zero attached hydrogens (tertiary/aromatic N) is 1. The van der Waals surface area contributed by atoms with Crippen LogP contribution in [0.1, 0.15) is 6.92 Å². The van der Waals surface area contributed by atoms with E-state index in [1.807, 2.05) is 6.92 Å². The molecular weight excluding hydrogens is 266 g/mol. The van der Waals surface area contributed by atoms with Crippen molar-refractivity contribution >= 4 is 11.6 Å². The van der Waals surface area contributed by atoms with E-state index < -0.39 is 0 Å². The Balaban J connectivity index is 3.01. The van der Waals surface area contributed by atoms with Gasteiger partial charge in [0.05, 0.1) is 12.1 Å². The molecule has 0 fully saturated rings. The minimum atomic E-state index is -0.338. The molecule has 0 radical (unpaired) electrons. The summed E-state index contributed by atoms with van der Waals surface area (Å²) in [6.07, 6.45) is 9.75. The van der Waals surface area contributed by atoms with Crippen LogP contribution in [0.2, 0.25) is 5.02 Å². The third-order valence-corrected chi connectivity index (χ3v) is 2.62. The number of methoxy groups -OCH3 is 1. The van der Waals surface area contributed by atoms with E-state index >= 15 is 0 Å². The molecule has 0 saturated heterocycles. The van der Waals surface area contributed by atoms with Crippen LogP contribution in [0, 0.1) is 12.3 Å². The van der Waals surface area contributed by atoms with Crippen LogP contribution in [0.3, 0.4) is 0 Å². The maximum atomic E-state index is 11.6. The van der Waals surface area contributed by atoms with Crippen LogP contribution in [-0.4, -0.2) is 16.8 Å². The monoisotopic (exact) mass is 279 g/mol. The minimum Gasteiger partial charge on any atom is -0.506 e. The second-order valence-corrected chi connectivity index (χ2v) is 4.29. The Morgan fingerprint density at radius 1 is 1.68 bits per heavy atom. The van der Waals surface area contributed by atoms with Gasteiger partial charge < -0.3 is 14.4 Å². The molecule has 0 aliphatic heterocycles. The highest BCUT2D eigenvalue weighted by molar-refractivity contribution is 6.31. The van der Waals surface area contributed by atoms with Crippen LogP contribution < -0.4 is 5.56 Å². The van der Waals surface area contributed by atoms with Gasteiger partial charge in [0, 0.05) is 24.9 Å². The van der Waals surface area contributed by atoms with Gasteiger partial charge in [-0.25, -0.2) is 0 Å². The summed E-state index contributed by atoms with van der Waals surface area (Å²) in [5.74, 6) is 2.66. The number of rotatable bonds is 4. The number of aromatic nitrogens is 1.